The van der Waals surface area contributed by atoms with Crippen molar-refractivity contribution in [3.05, 3.63) is 0 Å². The van der Waals surface area contributed by atoms with Crippen LogP contribution in [0, 0.1) is 0 Å². The molecule has 0 saturated carbocycles. The van der Waals surface area contributed by atoms with E-state index in [1.807, 2.05) is 13.8 Å². The Morgan fingerprint density at radius 2 is 1.06 bits per heavy atom. The van der Waals surface area contributed by atoms with Gasteiger partial charge in [0, 0.05) is 12.1 Å². The molecule has 7 heteroatoms. The zero-order chi connectivity index (χ0) is 23.9. The van der Waals surface area contributed by atoms with Crippen molar-refractivity contribution in [2.75, 3.05) is 6.54 Å². The fraction of sp³-hybridized carbons (Fsp3) is 0.958. The summed E-state index contributed by atoms with van der Waals surface area (Å²) in [5, 5.41) is 9.68. The third-order valence-electron chi connectivity index (χ3n) is 6.74. The van der Waals surface area contributed by atoms with E-state index in [2.05, 4.69) is 13.8 Å². The number of hydrogen-bond donors (Lipinski definition) is 5. The molecule has 0 aromatic rings. The fourth-order valence-corrected chi connectivity index (χ4v) is 4.41. The van der Waals surface area contributed by atoms with Crippen molar-refractivity contribution in [3.8, 4) is 0 Å². The van der Waals surface area contributed by atoms with E-state index >= 15 is 0 Å². The maximum absolute atomic E-state index is 11.8. The van der Waals surface area contributed by atoms with Gasteiger partial charge in [0.05, 0.1) is 17.9 Å². The predicted molar refractivity (Wildman–Crippen MR) is 131 cm³/mol. The van der Waals surface area contributed by atoms with Crippen molar-refractivity contribution < 1.29 is 9.90 Å². The molecule has 0 aromatic heterocycles. The van der Waals surface area contributed by atoms with Gasteiger partial charge in [0.25, 0.3) is 0 Å². The molecule has 4 unspecified atom stereocenters. The molecule has 0 aliphatic rings. The second-order valence-corrected chi connectivity index (χ2v) is 9.58. The lowest BCUT2D eigenvalue weighted by Gasteiger charge is -2.54. The first-order valence-electron chi connectivity index (χ1n) is 12.6. The van der Waals surface area contributed by atoms with Gasteiger partial charge in [-0.3, -0.25) is 9.69 Å². The highest BCUT2D eigenvalue weighted by molar-refractivity contribution is 5.69. The van der Waals surface area contributed by atoms with Crippen LogP contribution in [-0.2, 0) is 4.79 Å². The van der Waals surface area contributed by atoms with Crippen LogP contribution in [-0.4, -0.2) is 45.9 Å². The molecule has 0 saturated heterocycles. The minimum Gasteiger partial charge on any atom is -0.480 e. The largest absolute Gasteiger partial charge is 0.480 e. The van der Waals surface area contributed by atoms with Gasteiger partial charge >= 0.3 is 5.97 Å². The first-order valence-corrected chi connectivity index (χ1v) is 12.6. The summed E-state index contributed by atoms with van der Waals surface area (Å²) in [6, 6.07) is -0.873. The zero-order valence-corrected chi connectivity index (χ0v) is 20.9. The number of carboxylic acid groups (broad SMARTS) is 1. The molecule has 186 valence electrons. The van der Waals surface area contributed by atoms with Gasteiger partial charge in [-0.15, -0.1) is 0 Å². The van der Waals surface area contributed by atoms with E-state index in [1.54, 1.807) is 4.90 Å². The molecule has 0 aliphatic heterocycles. The molecular weight excluding hydrogens is 390 g/mol. The Hall–Kier alpha value is -0.730. The molecule has 0 amide bonds. The van der Waals surface area contributed by atoms with E-state index in [4.69, 9.17) is 22.9 Å². The number of nitrogens with zero attached hydrogens (tertiary/aromatic N) is 1. The summed E-state index contributed by atoms with van der Waals surface area (Å²) < 4.78 is 0. The summed E-state index contributed by atoms with van der Waals surface area (Å²) in [5.41, 5.74) is 24.4. The standard InChI is InChI=1S/C24H53N5O2/c1-5-7-9-11-13-15-17-23(27,20(3)25)29(19-22(30)31)24(28,21(4)26)18-16-14-12-10-8-6-2/h20-21H,5-19,25-28H2,1-4H3,(H,30,31). The van der Waals surface area contributed by atoms with Crippen LogP contribution in [0.3, 0.4) is 0 Å². The highest BCUT2D eigenvalue weighted by atomic mass is 16.4. The van der Waals surface area contributed by atoms with Crippen LogP contribution < -0.4 is 22.9 Å². The molecule has 0 radical (unpaired) electrons. The number of hydrogen-bond acceptors (Lipinski definition) is 6. The first-order chi connectivity index (χ1) is 14.6. The monoisotopic (exact) mass is 443 g/mol. The quantitative estimate of drug-likeness (QED) is 0.142. The summed E-state index contributed by atoms with van der Waals surface area (Å²) in [5.74, 6) is -0.961. The van der Waals surface area contributed by atoms with Crippen molar-refractivity contribution in [1.29, 1.82) is 0 Å². The van der Waals surface area contributed by atoms with Gasteiger partial charge in [0.15, 0.2) is 0 Å². The van der Waals surface area contributed by atoms with Gasteiger partial charge in [-0.05, 0) is 26.7 Å². The van der Waals surface area contributed by atoms with Gasteiger partial charge in [-0.1, -0.05) is 90.9 Å². The SMILES string of the molecule is CCCCCCCCC(N)(C(C)N)N(CC(=O)O)C(N)(CCCCCCCC)C(C)N. The molecule has 0 aliphatic carbocycles. The van der Waals surface area contributed by atoms with E-state index in [0.717, 1.165) is 38.5 Å². The molecular formula is C24H53N5O2. The molecule has 31 heavy (non-hydrogen) atoms. The van der Waals surface area contributed by atoms with Crippen molar-refractivity contribution in [3.63, 3.8) is 0 Å². The lowest BCUT2D eigenvalue weighted by Crippen LogP contribution is -2.78. The molecule has 0 rings (SSSR count). The van der Waals surface area contributed by atoms with E-state index in [9.17, 15) is 9.90 Å². The van der Waals surface area contributed by atoms with E-state index in [-0.39, 0.29) is 6.54 Å². The van der Waals surface area contributed by atoms with Crippen molar-refractivity contribution in [1.82, 2.24) is 4.90 Å². The molecule has 7 nitrogen and oxygen atoms in total. The van der Waals surface area contributed by atoms with Crippen LogP contribution in [0.25, 0.3) is 0 Å². The summed E-state index contributed by atoms with van der Waals surface area (Å²) in [4.78, 5) is 13.5. The van der Waals surface area contributed by atoms with Gasteiger partial charge in [0.1, 0.15) is 0 Å². The number of carboxylic acids is 1. The number of unbranched alkanes of at least 4 members (excludes halogenated alkanes) is 10. The minimum atomic E-state index is -1.02. The number of rotatable bonds is 20. The Balaban J connectivity index is 5.43. The molecule has 0 heterocycles. The Bertz CT molecular complexity index is 441. The zero-order valence-electron chi connectivity index (χ0n) is 20.9. The minimum absolute atomic E-state index is 0.262. The highest BCUT2D eigenvalue weighted by Crippen LogP contribution is 2.31. The third kappa shape index (κ3) is 10.6. The van der Waals surface area contributed by atoms with Crippen molar-refractivity contribution in [2.45, 2.75) is 141 Å². The van der Waals surface area contributed by atoms with Crippen LogP contribution in [0.1, 0.15) is 118 Å². The Morgan fingerprint density at radius 1 is 0.742 bits per heavy atom. The predicted octanol–water partition coefficient (Wildman–Crippen LogP) is 3.88. The maximum atomic E-state index is 11.8. The molecule has 9 N–H and O–H groups in total. The van der Waals surface area contributed by atoms with Gasteiger partial charge in [-0.2, -0.15) is 0 Å². The third-order valence-corrected chi connectivity index (χ3v) is 6.74. The second-order valence-electron chi connectivity index (χ2n) is 9.58. The van der Waals surface area contributed by atoms with Gasteiger partial charge in [0.2, 0.25) is 0 Å². The molecule has 0 bridgehead atoms. The smallest absolute Gasteiger partial charge is 0.317 e. The first kappa shape index (κ1) is 30.3. The number of aliphatic carboxylic acids is 1. The van der Waals surface area contributed by atoms with Crippen LogP contribution in [0.5, 0.6) is 0 Å². The van der Waals surface area contributed by atoms with E-state index < -0.39 is 29.4 Å². The normalized spacial score (nSPS) is 17.8. The maximum Gasteiger partial charge on any atom is 0.317 e. The summed E-state index contributed by atoms with van der Waals surface area (Å²) >= 11 is 0. The van der Waals surface area contributed by atoms with E-state index in [0.29, 0.717) is 12.8 Å². The van der Waals surface area contributed by atoms with Crippen molar-refractivity contribution in [2.24, 2.45) is 22.9 Å². The molecule has 0 fully saturated rings. The summed E-state index contributed by atoms with van der Waals surface area (Å²) in [6.07, 6.45) is 14.7. The molecule has 4 atom stereocenters. The van der Waals surface area contributed by atoms with Gasteiger partial charge < -0.3 is 28.0 Å². The second kappa shape index (κ2) is 16.0. The number of carbonyl (C=O) groups is 1. The Labute approximate surface area is 191 Å². The van der Waals surface area contributed by atoms with Crippen LogP contribution in [0.4, 0.5) is 0 Å². The number of nitrogens with two attached hydrogens (primary N) is 4. The molecule has 0 aromatic carbocycles. The molecule has 0 spiro atoms. The van der Waals surface area contributed by atoms with Gasteiger partial charge in [-0.25, -0.2) is 0 Å². The Morgan fingerprint density at radius 3 is 1.35 bits per heavy atom. The average Bonchev–Trinajstić information content (AvgIpc) is 2.70. The summed E-state index contributed by atoms with van der Waals surface area (Å²) in [7, 11) is 0. The van der Waals surface area contributed by atoms with Crippen molar-refractivity contribution >= 4 is 5.97 Å². The summed E-state index contributed by atoms with van der Waals surface area (Å²) in [6.45, 7) is 7.82. The average molecular weight is 444 g/mol. The van der Waals surface area contributed by atoms with Crippen LogP contribution in [0.15, 0.2) is 0 Å². The lowest BCUT2D eigenvalue weighted by molar-refractivity contribution is -0.146. The lowest BCUT2D eigenvalue weighted by atomic mass is 9.85. The fourth-order valence-electron chi connectivity index (χ4n) is 4.41. The van der Waals surface area contributed by atoms with E-state index in [1.165, 1.54) is 38.5 Å². The van der Waals surface area contributed by atoms with Crippen LogP contribution >= 0.6 is 0 Å². The Kier molecular flexibility index (Phi) is 15.6. The van der Waals surface area contributed by atoms with Crippen LogP contribution in [0.2, 0.25) is 0 Å². The highest BCUT2D eigenvalue weighted by Gasteiger charge is 2.48. The topological polar surface area (TPSA) is 145 Å².